The van der Waals surface area contributed by atoms with Crippen molar-refractivity contribution in [2.24, 2.45) is 0 Å². The molecule has 6 nitrogen and oxygen atoms in total. The molecule has 1 aliphatic heterocycles. The highest BCUT2D eigenvalue weighted by Crippen LogP contribution is 2.33. The van der Waals surface area contributed by atoms with Crippen LogP contribution < -0.4 is 5.32 Å². The summed E-state index contributed by atoms with van der Waals surface area (Å²) in [6.07, 6.45) is 0. The Labute approximate surface area is 169 Å². The zero-order chi connectivity index (χ0) is 19.9. The van der Waals surface area contributed by atoms with Gasteiger partial charge in [-0.15, -0.1) is 0 Å². The summed E-state index contributed by atoms with van der Waals surface area (Å²) in [5.74, 6) is -0.0481. The van der Waals surface area contributed by atoms with Crippen molar-refractivity contribution in [2.45, 2.75) is 16.7 Å². The van der Waals surface area contributed by atoms with Gasteiger partial charge in [0.15, 0.2) is 0 Å². The molecule has 3 amide bonds. The van der Waals surface area contributed by atoms with E-state index >= 15 is 0 Å². The summed E-state index contributed by atoms with van der Waals surface area (Å²) in [7, 11) is 0. The number of carbonyl (C=O) groups is 2. The van der Waals surface area contributed by atoms with Gasteiger partial charge in [-0.05, 0) is 31.2 Å². The maximum absolute atomic E-state index is 13.1. The lowest BCUT2D eigenvalue weighted by Gasteiger charge is -2.35. The van der Waals surface area contributed by atoms with Crippen LogP contribution in [0.25, 0.3) is 0 Å². The maximum atomic E-state index is 13.1. The number of amides is 3. The number of piperazine rings is 1. The number of rotatable bonds is 4. The van der Waals surface area contributed by atoms with Gasteiger partial charge in [0.05, 0.1) is 11.1 Å². The van der Waals surface area contributed by atoms with Crippen molar-refractivity contribution in [3.8, 4) is 6.07 Å². The Bertz CT molecular complexity index is 901. The van der Waals surface area contributed by atoms with Gasteiger partial charge in [0.2, 0.25) is 0 Å². The van der Waals surface area contributed by atoms with Crippen LogP contribution >= 0.6 is 11.8 Å². The fraction of sp³-hybridized carbons (Fsp3) is 0.286. The summed E-state index contributed by atoms with van der Waals surface area (Å²) >= 11 is 1.43. The van der Waals surface area contributed by atoms with Gasteiger partial charge >= 0.3 is 6.03 Å². The maximum Gasteiger partial charge on any atom is 0.317 e. The predicted octanol–water partition coefficient (Wildman–Crippen LogP) is 3.20. The lowest BCUT2D eigenvalue weighted by Crippen LogP contribution is -2.53. The van der Waals surface area contributed by atoms with Crippen LogP contribution in [0.15, 0.2) is 58.3 Å². The molecule has 1 fully saturated rings. The number of benzene rings is 2. The Morgan fingerprint density at radius 3 is 2.29 bits per heavy atom. The molecule has 1 saturated heterocycles. The van der Waals surface area contributed by atoms with E-state index in [1.54, 1.807) is 15.9 Å². The first-order valence-electron chi connectivity index (χ1n) is 9.22. The topological polar surface area (TPSA) is 76.4 Å². The molecule has 3 rings (SSSR count). The van der Waals surface area contributed by atoms with Crippen LogP contribution in [0.5, 0.6) is 0 Å². The monoisotopic (exact) mass is 394 g/mol. The highest BCUT2D eigenvalue weighted by atomic mass is 32.2. The summed E-state index contributed by atoms with van der Waals surface area (Å²) < 4.78 is 0. The Kier molecular flexibility index (Phi) is 6.56. The number of nitrogens with zero attached hydrogens (tertiary/aromatic N) is 3. The van der Waals surface area contributed by atoms with Crippen LogP contribution in [-0.2, 0) is 0 Å². The number of nitrogens with one attached hydrogen (secondary N) is 1. The molecule has 0 unspecified atom stereocenters. The average molecular weight is 395 g/mol. The molecular formula is C21H22N4O2S. The van der Waals surface area contributed by atoms with Crippen LogP contribution in [0.2, 0.25) is 0 Å². The molecule has 0 saturated carbocycles. The van der Waals surface area contributed by atoms with Crippen molar-refractivity contribution in [3.05, 3.63) is 59.7 Å². The van der Waals surface area contributed by atoms with E-state index in [0.717, 1.165) is 9.79 Å². The molecule has 0 bridgehead atoms. The lowest BCUT2D eigenvalue weighted by atomic mass is 10.2. The molecule has 0 aromatic heterocycles. The van der Waals surface area contributed by atoms with Gasteiger partial charge in [-0.2, -0.15) is 5.26 Å². The summed E-state index contributed by atoms with van der Waals surface area (Å²) in [5.41, 5.74) is 1.21. The second kappa shape index (κ2) is 9.29. The smallest absolute Gasteiger partial charge is 0.317 e. The SMILES string of the molecule is CCNC(=O)N1CCN(C(=O)c2ccccc2Sc2ccccc2C#N)CC1. The first-order valence-corrected chi connectivity index (χ1v) is 10.0. The molecule has 2 aromatic rings. The molecule has 0 spiro atoms. The molecule has 2 aromatic carbocycles. The molecule has 144 valence electrons. The third-order valence-corrected chi connectivity index (χ3v) is 5.68. The molecule has 28 heavy (non-hydrogen) atoms. The zero-order valence-corrected chi connectivity index (χ0v) is 16.5. The Morgan fingerprint density at radius 1 is 1.00 bits per heavy atom. The molecule has 1 heterocycles. The highest BCUT2D eigenvalue weighted by Gasteiger charge is 2.26. The summed E-state index contributed by atoms with van der Waals surface area (Å²) in [6, 6.07) is 16.9. The summed E-state index contributed by atoms with van der Waals surface area (Å²) in [4.78, 5) is 30.2. The quantitative estimate of drug-likeness (QED) is 0.864. The highest BCUT2D eigenvalue weighted by molar-refractivity contribution is 7.99. The van der Waals surface area contributed by atoms with Crippen LogP contribution in [0, 0.1) is 11.3 Å². The van der Waals surface area contributed by atoms with Crippen LogP contribution in [0.3, 0.4) is 0 Å². The van der Waals surface area contributed by atoms with Crippen molar-refractivity contribution in [1.82, 2.24) is 15.1 Å². The van der Waals surface area contributed by atoms with Gasteiger partial charge < -0.3 is 15.1 Å². The van der Waals surface area contributed by atoms with E-state index in [1.165, 1.54) is 11.8 Å². The summed E-state index contributed by atoms with van der Waals surface area (Å²) in [6.45, 7) is 4.52. The molecule has 0 radical (unpaired) electrons. The van der Waals surface area contributed by atoms with Gasteiger partial charge in [-0.25, -0.2) is 4.79 Å². The van der Waals surface area contributed by atoms with Gasteiger partial charge in [-0.1, -0.05) is 36.0 Å². The van der Waals surface area contributed by atoms with E-state index in [-0.39, 0.29) is 11.9 Å². The van der Waals surface area contributed by atoms with Crippen LogP contribution in [0.1, 0.15) is 22.8 Å². The Hall–Kier alpha value is -2.98. The van der Waals surface area contributed by atoms with Crippen molar-refractivity contribution < 1.29 is 9.59 Å². The van der Waals surface area contributed by atoms with E-state index in [2.05, 4.69) is 11.4 Å². The third-order valence-electron chi connectivity index (χ3n) is 4.53. The number of hydrogen-bond donors (Lipinski definition) is 1. The normalized spacial score (nSPS) is 13.7. The van der Waals surface area contributed by atoms with Crippen LogP contribution in [0.4, 0.5) is 4.79 Å². The number of urea groups is 1. The predicted molar refractivity (Wildman–Crippen MR) is 108 cm³/mol. The number of carbonyl (C=O) groups excluding carboxylic acids is 2. The molecular weight excluding hydrogens is 372 g/mol. The van der Waals surface area contributed by atoms with Crippen molar-refractivity contribution in [3.63, 3.8) is 0 Å². The minimum absolute atomic E-state index is 0.0481. The minimum atomic E-state index is -0.0846. The van der Waals surface area contributed by atoms with E-state index in [0.29, 0.717) is 43.9 Å². The third kappa shape index (κ3) is 4.46. The molecule has 7 heteroatoms. The second-order valence-electron chi connectivity index (χ2n) is 6.32. The largest absolute Gasteiger partial charge is 0.338 e. The average Bonchev–Trinajstić information content (AvgIpc) is 2.74. The number of hydrogen-bond acceptors (Lipinski definition) is 4. The molecule has 1 aliphatic rings. The van der Waals surface area contributed by atoms with Crippen molar-refractivity contribution in [2.75, 3.05) is 32.7 Å². The van der Waals surface area contributed by atoms with Crippen molar-refractivity contribution >= 4 is 23.7 Å². The molecule has 0 atom stereocenters. The molecule has 0 aliphatic carbocycles. The Balaban J connectivity index is 1.74. The van der Waals surface area contributed by atoms with Gasteiger partial charge in [-0.3, -0.25) is 4.79 Å². The van der Waals surface area contributed by atoms with Crippen LogP contribution in [-0.4, -0.2) is 54.5 Å². The van der Waals surface area contributed by atoms with E-state index in [1.807, 2.05) is 49.4 Å². The van der Waals surface area contributed by atoms with Gasteiger partial charge in [0, 0.05) is 42.5 Å². The summed E-state index contributed by atoms with van der Waals surface area (Å²) in [5, 5.41) is 12.1. The fourth-order valence-corrected chi connectivity index (χ4v) is 4.06. The Morgan fingerprint density at radius 2 is 1.61 bits per heavy atom. The van der Waals surface area contributed by atoms with E-state index in [9.17, 15) is 14.9 Å². The first kappa shape index (κ1) is 19.8. The second-order valence-corrected chi connectivity index (χ2v) is 7.40. The standard InChI is InChI=1S/C21H22N4O2S/c1-2-23-21(27)25-13-11-24(12-14-25)20(26)17-8-4-6-10-19(17)28-18-9-5-3-7-16(18)15-22/h3-10H,2,11-14H2,1H3,(H,23,27). The fourth-order valence-electron chi connectivity index (χ4n) is 3.04. The lowest BCUT2D eigenvalue weighted by molar-refractivity contribution is 0.0662. The molecule has 1 N–H and O–H groups in total. The van der Waals surface area contributed by atoms with Gasteiger partial charge in [0.25, 0.3) is 5.91 Å². The van der Waals surface area contributed by atoms with E-state index in [4.69, 9.17) is 0 Å². The van der Waals surface area contributed by atoms with Crippen molar-refractivity contribution in [1.29, 1.82) is 5.26 Å². The van der Waals surface area contributed by atoms with Gasteiger partial charge in [0.1, 0.15) is 6.07 Å². The first-order chi connectivity index (χ1) is 13.6. The zero-order valence-electron chi connectivity index (χ0n) is 15.7. The van der Waals surface area contributed by atoms with E-state index < -0.39 is 0 Å². The minimum Gasteiger partial charge on any atom is -0.338 e. The number of nitriles is 1.